The van der Waals surface area contributed by atoms with Gasteiger partial charge in [-0.2, -0.15) is 0 Å². The zero-order valence-electron chi connectivity index (χ0n) is 10.1. The number of nitrogens with two attached hydrogens (primary N) is 1. The van der Waals surface area contributed by atoms with Crippen molar-refractivity contribution >= 4 is 44.1 Å². The molecule has 0 saturated heterocycles. The molecule has 0 radical (unpaired) electrons. The van der Waals surface area contributed by atoms with Gasteiger partial charge in [0.2, 0.25) is 0 Å². The lowest BCUT2D eigenvalue weighted by Crippen LogP contribution is -2.01. The highest BCUT2D eigenvalue weighted by Gasteiger charge is 2.08. The standard InChI is InChI=1S/C15H12BrClN2/c16-13-9-19(15-4-2-1-3-12(13)15)8-10-7-11(17)5-6-14(10)18/h1-7,9H,8,18H2. The van der Waals surface area contributed by atoms with E-state index >= 15 is 0 Å². The topological polar surface area (TPSA) is 30.9 Å². The van der Waals surface area contributed by atoms with Gasteiger partial charge in [-0.3, -0.25) is 0 Å². The number of fused-ring (bicyclic) bond motifs is 1. The number of hydrogen-bond donors (Lipinski definition) is 1. The van der Waals surface area contributed by atoms with Crippen molar-refractivity contribution in [3.05, 3.63) is 63.7 Å². The third-order valence-electron chi connectivity index (χ3n) is 3.19. The maximum absolute atomic E-state index is 6.03. The van der Waals surface area contributed by atoms with Crippen molar-refractivity contribution in [2.45, 2.75) is 6.54 Å². The first-order chi connectivity index (χ1) is 9.15. The van der Waals surface area contributed by atoms with Crippen LogP contribution in [0.25, 0.3) is 10.9 Å². The minimum Gasteiger partial charge on any atom is -0.398 e. The molecule has 0 amide bonds. The molecule has 1 aromatic heterocycles. The Morgan fingerprint density at radius 3 is 2.79 bits per heavy atom. The average molecular weight is 336 g/mol. The van der Waals surface area contributed by atoms with Crippen molar-refractivity contribution in [2.75, 3.05) is 5.73 Å². The van der Waals surface area contributed by atoms with Gasteiger partial charge in [0, 0.05) is 38.8 Å². The van der Waals surface area contributed by atoms with Crippen LogP contribution in [0.15, 0.2) is 53.1 Å². The first kappa shape index (κ1) is 12.6. The summed E-state index contributed by atoms with van der Waals surface area (Å²) >= 11 is 9.62. The predicted molar refractivity (Wildman–Crippen MR) is 84.6 cm³/mol. The van der Waals surface area contributed by atoms with Crippen LogP contribution in [0.2, 0.25) is 5.02 Å². The number of nitrogen functional groups attached to an aromatic ring is 1. The molecule has 3 rings (SSSR count). The Morgan fingerprint density at radius 1 is 1.16 bits per heavy atom. The molecular weight excluding hydrogens is 324 g/mol. The Hall–Kier alpha value is -1.45. The Bertz CT molecular complexity index is 749. The van der Waals surface area contributed by atoms with Crippen LogP contribution < -0.4 is 5.73 Å². The Balaban J connectivity index is 2.08. The first-order valence-electron chi connectivity index (χ1n) is 5.92. The summed E-state index contributed by atoms with van der Waals surface area (Å²) in [5.74, 6) is 0. The first-order valence-corrected chi connectivity index (χ1v) is 7.09. The second kappa shape index (κ2) is 4.91. The van der Waals surface area contributed by atoms with Crippen molar-refractivity contribution in [1.82, 2.24) is 4.57 Å². The highest BCUT2D eigenvalue weighted by molar-refractivity contribution is 9.10. The van der Waals surface area contributed by atoms with Gasteiger partial charge in [0.1, 0.15) is 0 Å². The van der Waals surface area contributed by atoms with Gasteiger partial charge < -0.3 is 10.3 Å². The molecule has 0 aliphatic heterocycles. The third-order valence-corrected chi connectivity index (χ3v) is 4.05. The third kappa shape index (κ3) is 2.36. The summed E-state index contributed by atoms with van der Waals surface area (Å²) in [7, 11) is 0. The highest BCUT2D eigenvalue weighted by atomic mass is 79.9. The molecule has 0 bridgehead atoms. The van der Waals surface area contributed by atoms with Crippen LogP contribution in [0.3, 0.4) is 0 Å². The van der Waals surface area contributed by atoms with Gasteiger partial charge in [0.05, 0.1) is 0 Å². The molecule has 0 unspecified atom stereocenters. The maximum Gasteiger partial charge on any atom is 0.0497 e. The second-order valence-electron chi connectivity index (χ2n) is 4.47. The van der Waals surface area contributed by atoms with E-state index in [2.05, 4.69) is 38.8 Å². The molecule has 1 heterocycles. The zero-order valence-corrected chi connectivity index (χ0v) is 12.4. The predicted octanol–water partition coefficient (Wildman–Crippen LogP) is 4.69. The summed E-state index contributed by atoms with van der Waals surface area (Å²) in [5.41, 5.74) is 8.97. The van der Waals surface area contributed by atoms with Crippen LogP contribution in [0.5, 0.6) is 0 Å². The van der Waals surface area contributed by atoms with Crippen LogP contribution >= 0.6 is 27.5 Å². The lowest BCUT2D eigenvalue weighted by atomic mass is 10.2. The van der Waals surface area contributed by atoms with Crippen molar-refractivity contribution in [1.29, 1.82) is 0 Å². The molecule has 0 fully saturated rings. The summed E-state index contributed by atoms with van der Waals surface area (Å²) in [4.78, 5) is 0. The molecular formula is C15H12BrClN2. The van der Waals surface area contributed by atoms with Gasteiger partial charge in [-0.15, -0.1) is 0 Å². The number of benzene rings is 2. The fourth-order valence-electron chi connectivity index (χ4n) is 2.23. The fourth-order valence-corrected chi connectivity index (χ4v) is 3.00. The largest absolute Gasteiger partial charge is 0.398 e. The van der Waals surface area contributed by atoms with E-state index in [1.165, 1.54) is 10.9 Å². The van der Waals surface area contributed by atoms with Gasteiger partial charge in [0.25, 0.3) is 0 Å². The summed E-state index contributed by atoms with van der Waals surface area (Å²) in [6.07, 6.45) is 2.07. The van der Waals surface area contributed by atoms with Crippen molar-refractivity contribution < 1.29 is 0 Å². The van der Waals surface area contributed by atoms with Crippen molar-refractivity contribution in [3.8, 4) is 0 Å². The van der Waals surface area contributed by atoms with Crippen molar-refractivity contribution in [2.24, 2.45) is 0 Å². The maximum atomic E-state index is 6.03. The lowest BCUT2D eigenvalue weighted by molar-refractivity contribution is 0.837. The van der Waals surface area contributed by atoms with Gasteiger partial charge in [-0.25, -0.2) is 0 Å². The second-order valence-corrected chi connectivity index (χ2v) is 5.76. The number of rotatable bonds is 2. The minimum absolute atomic E-state index is 0.707. The summed E-state index contributed by atoms with van der Waals surface area (Å²) < 4.78 is 3.25. The molecule has 0 aliphatic rings. The average Bonchev–Trinajstić information content (AvgIpc) is 2.72. The summed E-state index contributed by atoms with van der Waals surface area (Å²) in [6.45, 7) is 0.707. The molecule has 2 aromatic carbocycles. The number of aromatic nitrogens is 1. The summed E-state index contributed by atoms with van der Waals surface area (Å²) in [5, 5.41) is 1.91. The number of para-hydroxylation sites is 1. The monoisotopic (exact) mass is 334 g/mol. The Labute approximate surface area is 124 Å². The van der Waals surface area contributed by atoms with E-state index in [1.54, 1.807) is 0 Å². The zero-order chi connectivity index (χ0) is 13.4. The number of anilines is 1. The molecule has 2 nitrogen and oxygen atoms in total. The normalized spacial score (nSPS) is 11.1. The van der Waals surface area contributed by atoms with E-state index < -0.39 is 0 Å². The summed E-state index contributed by atoms with van der Waals surface area (Å²) in [6, 6.07) is 13.8. The number of halogens is 2. The van der Waals surface area contributed by atoms with Gasteiger partial charge >= 0.3 is 0 Å². The van der Waals surface area contributed by atoms with E-state index in [-0.39, 0.29) is 0 Å². The Morgan fingerprint density at radius 2 is 1.95 bits per heavy atom. The molecule has 0 saturated carbocycles. The van der Waals surface area contributed by atoms with Crippen LogP contribution in [0.1, 0.15) is 5.56 Å². The minimum atomic E-state index is 0.707. The van der Waals surface area contributed by atoms with Crippen LogP contribution in [0, 0.1) is 0 Å². The van der Waals surface area contributed by atoms with E-state index in [4.69, 9.17) is 17.3 Å². The smallest absolute Gasteiger partial charge is 0.0497 e. The molecule has 4 heteroatoms. The molecule has 0 spiro atoms. The van der Waals surface area contributed by atoms with Crippen molar-refractivity contribution in [3.63, 3.8) is 0 Å². The Kier molecular flexibility index (Phi) is 3.25. The molecule has 0 aliphatic carbocycles. The van der Waals surface area contributed by atoms with Crippen LogP contribution in [0.4, 0.5) is 5.69 Å². The number of hydrogen-bond acceptors (Lipinski definition) is 1. The van der Waals surface area contributed by atoms with E-state index in [1.807, 2.05) is 30.3 Å². The van der Waals surface area contributed by atoms with Crippen LogP contribution in [-0.4, -0.2) is 4.57 Å². The molecule has 96 valence electrons. The quantitative estimate of drug-likeness (QED) is 0.677. The highest BCUT2D eigenvalue weighted by Crippen LogP contribution is 2.28. The van der Waals surface area contributed by atoms with E-state index in [9.17, 15) is 0 Å². The lowest BCUT2D eigenvalue weighted by Gasteiger charge is -2.09. The molecule has 2 N–H and O–H groups in total. The molecule has 3 aromatic rings. The van der Waals surface area contributed by atoms with Gasteiger partial charge in [0.15, 0.2) is 0 Å². The molecule has 0 atom stereocenters. The SMILES string of the molecule is Nc1ccc(Cl)cc1Cn1cc(Br)c2ccccc21. The van der Waals surface area contributed by atoms with E-state index in [0.717, 1.165) is 15.7 Å². The van der Waals surface area contributed by atoms with Gasteiger partial charge in [-0.05, 0) is 45.8 Å². The number of nitrogens with zero attached hydrogens (tertiary/aromatic N) is 1. The molecule has 19 heavy (non-hydrogen) atoms. The van der Waals surface area contributed by atoms with Crippen LogP contribution in [-0.2, 0) is 6.54 Å². The van der Waals surface area contributed by atoms with E-state index in [0.29, 0.717) is 11.6 Å². The fraction of sp³-hybridized carbons (Fsp3) is 0.0667. The van der Waals surface area contributed by atoms with Gasteiger partial charge in [-0.1, -0.05) is 29.8 Å².